The number of hydrogen-bond acceptors (Lipinski definition) is 3. The first-order chi connectivity index (χ1) is 9.72. The van der Waals surface area contributed by atoms with Crippen LogP contribution in [0.3, 0.4) is 0 Å². The third kappa shape index (κ3) is 3.03. The highest BCUT2D eigenvalue weighted by Crippen LogP contribution is 2.25. The van der Waals surface area contributed by atoms with Crippen molar-refractivity contribution in [3.8, 4) is 0 Å². The van der Waals surface area contributed by atoms with Crippen LogP contribution < -0.4 is 0 Å². The van der Waals surface area contributed by atoms with E-state index >= 15 is 0 Å². The van der Waals surface area contributed by atoms with Crippen molar-refractivity contribution in [3.05, 3.63) is 17.5 Å². The first-order valence-electron chi connectivity index (χ1n) is 7.74. The first-order valence-corrected chi connectivity index (χ1v) is 7.74. The van der Waals surface area contributed by atoms with Crippen molar-refractivity contribution >= 4 is 5.91 Å². The molecule has 1 unspecified atom stereocenters. The van der Waals surface area contributed by atoms with E-state index in [9.17, 15) is 4.79 Å². The molecule has 5 heteroatoms. The molecule has 1 atom stereocenters. The molecular formula is C15H24N4O. The van der Waals surface area contributed by atoms with Crippen molar-refractivity contribution in [2.24, 2.45) is 0 Å². The molecule has 2 aliphatic rings. The van der Waals surface area contributed by atoms with Gasteiger partial charge in [0.15, 0.2) is 0 Å². The number of carbonyl (C=O) groups is 1. The number of rotatable bonds is 4. The number of aromatic nitrogens is 2. The molecule has 0 aromatic carbocycles. The zero-order valence-corrected chi connectivity index (χ0v) is 12.3. The topological polar surface area (TPSA) is 52.2 Å². The maximum atomic E-state index is 11.6. The van der Waals surface area contributed by atoms with Crippen LogP contribution in [-0.2, 0) is 4.79 Å². The molecule has 2 fully saturated rings. The number of nitrogens with zero attached hydrogens (tertiary/aromatic N) is 3. The lowest BCUT2D eigenvalue weighted by Gasteiger charge is -2.33. The van der Waals surface area contributed by atoms with E-state index in [1.807, 2.05) is 4.90 Å². The number of piperidine rings is 1. The molecule has 1 N–H and O–H groups in total. The lowest BCUT2D eigenvalue weighted by molar-refractivity contribution is -0.127. The van der Waals surface area contributed by atoms with Crippen LogP contribution >= 0.6 is 0 Å². The van der Waals surface area contributed by atoms with Crippen molar-refractivity contribution in [1.29, 1.82) is 0 Å². The molecule has 1 aromatic heterocycles. The highest BCUT2D eigenvalue weighted by atomic mass is 16.2. The number of likely N-dealkylation sites (tertiary alicyclic amines) is 2. The molecule has 1 amide bonds. The lowest BCUT2D eigenvalue weighted by Crippen LogP contribution is -2.40. The number of H-pyrrole nitrogens is 1. The molecule has 1 aromatic rings. The summed E-state index contributed by atoms with van der Waals surface area (Å²) in [4.78, 5) is 16.1. The van der Waals surface area contributed by atoms with Crippen LogP contribution in [0.2, 0.25) is 0 Å². The Morgan fingerprint density at radius 2 is 2.25 bits per heavy atom. The van der Waals surface area contributed by atoms with Gasteiger partial charge in [0.2, 0.25) is 5.91 Å². The van der Waals surface area contributed by atoms with E-state index in [1.54, 1.807) is 0 Å². The molecule has 3 rings (SSSR count). The summed E-state index contributed by atoms with van der Waals surface area (Å²) in [7, 11) is 0. The number of aromatic amines is 1. The van der Waals surface area contributed by atoms with Gasteiger partial charge in [0.05, 0.1) is 5.69 Å². The zero-order chi connectivity index (χ0) is 13.9. The Bertz CT molecular complexity index is 470. The van der Waals surface area contributed by atoms with E-state index < -0.39 is 0 Å². The second-order valence-electron chi connectivity index (χ2n) is 6.10. The summed E-state index contributed by atoms with van der Waals surface area (Å²) in [5.41, 5.74) is 2.34. The maximum absolute atomic E-state index is 11.6. The molecule has 0 spiro atoms. The van der Waals surface area contributed by atoms with E-state index in [4.69, 9.17) is 0 Å². The normalized spacial score (nSPS) is 24.6. The molecule has 2 aliphatic heterocycles. The Morgan fingerprint density at radius 1 is 1.35 bits per heavy atom. The first kappa shape index (κ1) is 13.6. The molecule has 5 nitrogen and oxygen atoms in total. The van der Waals surface area contributed by atoms with Crippen molar-refractivity contribution in [2.75, 3.05) is 32.7 Å². The molecule has 20 heavy (non-hydrogen) atoms. The second-order valence-corrected chi connectivity index (χ2v) is 6.10. The maximum Gasteiger partial charge on any atom is 0.222 e. The Morgan fingerprint density at radius 3 is 2.95 bits per heavy atom. The van der Waals surface area contributed by atoms with E-state index in [0.717, 1.165) is 51.3 Å². The molecule has 0 radical (unpaired) electrons. The minimum Gasteiger partial charge on any atom is -0.341 e. The average molecular weight is 276 g/mol. The van der Waals surface area contributed by atoms with Gasteiger partial charge in [-0.1, -0.05) is 0 Å². The summed E-state index contributed by atoms with van der Waals surface area (Å²) in [6.45, 7) is 7.13. The van der Waals surface area contributed by atoms with Gasteiger partial charge < -0.3 is 9.80 Å². The fourth-order valence-corrected chi connectivity index (χ4v) is 3.35. The summed E-state index contributed by atoms with van der Waals surface area (Å²) in [6, 6.07) is 2.16. The molecule has 110 valence electrons. The fraction of sp³-hybridized carbons (Fsp3) is 0.733. The fourth-order valence-electron chi connectivity index (χ4n) is 3.35. The van der Waals surface area contributed by atoms with E-state index in [2.05, 4.69) is 28.1 Å². The molecule has 3 heterocycles. The van der Waals surface area contributed by atoms with Gasteiger partial charge >= 0.3 is 0 Å². The van der Waals surface area contributed by atoms with Crippen LogP contribution in [0.15, 0.2) is 6.07 Å². The largest absolute Gasteiger partial charge is 0.341 e. The van der Waals surface area contributed by atoms with Gasteiger partial charge in [0, 0.05) is 44.2 Å². The monoisotopic (exact) mass is 276 g/mol. The molecule has 2 saturated heterocycles. The number of nitrogens with one attached hydrogen (secondary N) is 1. The molecule has 0 bridgehead atoms. The Hall–Kier alpha value is -1.36. The average Bonchev–Trinajstić information content (AvgIpc) is 3.06. The van der Waals surface area contributed by atoms with E-state index in [0.29, 0.717) is 11.8 Å². The van der Waals surface area contributed by atoms with Crippen LogP contribution in [0.25, 0.3) is 0 Å². The SMILES string of the molecule is Cc1cc(C2CCCN(CCN3CCCC3=O)C2)n[nH]1. The highest BCUT2D eigenvalue weighted by molar-refractivity contribution is 5.78. The van der Waals surface area contributed by atoms with E-state index in [1.165, 1.54) is 18.5 Å². The van der Waals surface area contributed by atoms with Crippen molar-refractivity contribution in [1.82, 2.24) is 20.0 Å². The standard InChI is InChI=1S/C15H24N4O/c1-12-10-14(17-16-12)13-4-2-6-18(11-13)8-9-19-7-3-5-15(19)20/h10,13H,2-9,11H2,1H3,(H,16,17). The molecular weight excluding hydrogens is 252 g/mol. The number of amides is 1. The zero-order valence-electron chi connectivity index (χ0n) is 12.3. The number of aryl methyl sites for hydroxylation is 1. The van der Waals surface area contributed by atoms with Crippen molar-refractivity contribution < 1.29 is 4.79 Å². The van der Waals surface area contributed by atoms with Crippen LogP contribution in [0.4, 0.5) is 0 Å². The molecule has 0 aliphatic carbocycles. The van der Waals surface area contributed by atoms with Crippen molar-refractivity contribution in [2.45, 2.75) is 38.5 Å². The Kier molecular flexibility index (Phi) is 4.05. The Labute approximate surface area is 120 Å². The van der Waals surface area contributed by atoms with Gasteiger partial charge in [-0.2, -0.15) is 5.10 Å². The molecule has 0 saturated carbocycles. The van der Waals surface area contributed by atoms with Gasteiger partial charge in [-0.15, -0.1) is 0 Å². The van der Waals surface area contributed by atoms with Crippen molar-refractivity contribution in [3.63, 3.8) is 0 Å². The second kappa shape index (κ2) is 5.95. The minimum absolute atomic E-state index is 0.335. The summed E-state index contributed by atoms with van der Waals surface area (Å²) in [6.07, 6.45) is 4.23. The van der Waals surface area contributed by atoms with Crippen LogP contribution in [-0.4, -0.2) is 58.6 Å². The smallest absolute Gasteiger partial charge is 0.222 e. The quantitative estimate of drug-likeness (QED) is 0.907. The Balaban J connectivity index is 1.51. The summed E-state index contributed by atoms with van der Waals surface area (Å²) >= 11 is 0. The minimum atomic E-state index is 0.335. The van der Waals surface area contributed by atoms with Gasteiger partial charge in [0.1, 0.15) is 0 Å². The van der Waals surface area contributed by atoms with E-state index in [-0.39, 0.29) is 0 Å². The summed E-state index contributed by atoms with van der Waals surface area (Å²) < 4.78 is 0. The predicted octanol–water partition coefficient (Wildman–Crippen LogP) is 1.52. The van der Waals surface area contributed by atoms with Crippen LogP contribution in [0.1, 0.15) is 43.0 Å². The predicted molar refractivity (Wildman–Crippen MR) is 77.6 cm³/mol. The third-order valence-corrected chi connectivity index (χ3v) is 4.51. The lowest BCUT2D eigenvalue weighted by atomic mass is 9.94. The van der Waals surface area contributed by atoms with Gasteiger partial charge in [-0.25, -0.2) is 0 Å². The number of carbonyl (C=O) groups excluding carboxylic acids is 1. The summed E-state index contributed by atoms with van der Waals surface area (Å²) in [5, 5.41) is 7.45. The van der Waals surface area contributed by atoms with Gasteiger partial charge in [-0.3, -0.25) is 9.89 Å². The summed E-state index contributed by atoms with van der Waals surface area (Å²) in [5.74, 6) is 0.879. The van der Waals surface area contributed by atoms with Gasteiger partial charge in [-0.05, 0) is 38.8 Å². The third-order valence-electron chi connectivity index (χ3n) is 4.51. The highest BCUT2D eigenvalue weighted by Gasteiger charge is 2.25. The number of hydrogen-bond donors (Lipinski definition) is 1. The van der Waals surface area contributed by atoms with Gasteiger partial charge in [0.25, 0.3) is 0 Å². The van der Waals surface area contributed by atoms with Crippen LogP contribution in [0, 0.1) is 6.92 Å². The van der Waals surface area contributed by atoms with Crippen LogP contribution in [0.5, 0.6) is 0 Å².